The van der Waals surface area contributed by atoms with E-state index in [4.69, 9.17) is 27.9 Å². The number of hydrogen-bond acceptors (Lipinski definition) is 5. The topological polar surface area (TPSA) is 75.7 Å². The van der Waals surface area contributed by atoms with Crippen LogP contribution < -0.4 is 10.1 Å². The molecular formula is C25H18Cl2N2O4S. The van der Waals surface area contributed by atoms with E-state index < -0.39 is 23.6 Å². The second-order valence-electron chi connectivity index (χ2n) is 7.26. The Labute approximate surface area is 210 Å². The number of benzene rings is 3. The van der Waals surface area contributed by atoms with E-state index in [0.717, 1.165) is 22.2 Å². The molecule has 3 aromatic rings. The lowest BCUT2D eigenvalue weighted by molar-refractivity contribution is -0.127. The third-order valence-electron chi connectivity index (χ3n) is 4.78. The maximum atomic E-state index is 12.9. The number of imide groups is 1. The number of amides is 3. The summed E-state index contributed by atoms with van der Waals surface area (Å²) < 4.78 is 5.92. The summed E-state index contributed by atoms with van der Waals surface area (Å²) in [6.07, 6.45) is 1.50. The fraction of sp³-hybridized carbons (Fsp3) is 0.0800. The van der Waals surface area contributed by atoms with Crippen molar-refractivity contribution in [3.05, 3.63) is 98.9 Å². The number of rotatable bonds is 7. The van der Waals surface area contributed by atoms with Crippen LogP contribution in [0.15, 0.2) is 77.7 Å². The van der Waals surface area contributed by atoms with Crippen LogP contribution in [0.5, 0.6) is 5.75 Å². The number of thioether (sulfide) groups is 1. The molecule has 0 aliphatic carbocycles. The normalized spacial score (nSPS) is 14.5. The van der Waals surface area contributed by atoms with E-state index in [9.17, 15) is 14.4 Å². The average Bonchev–Trinajstić information content (AvgIpc) is 3.07. The number of anilines is 1. The molecule has 0 radical (unpaired) electrons. The van der Waals surface area contributed by atoms with E-state index in [-0.39, 0.29) is 16.5 Å². The van der Waals surface area contributed by atoms with Gasteiger partial charge in [-0.3, -0.25) is 19.3 Å². The highest BCUT2D eigenvalue weighted by Crippen LogP contribution is 2.38. The predicted molar refractivity (Wildman–Crippen MR) is 135 cm³/mol. The lowest BCUT2D eigenvalue weighted by atomic mass is 10.1. The predicted octanol–water partition coefficient (Wildman–Crippen LogP) is 6.25. The summed E-state index contributed by atoms with van der Waals surface area (Å²) in [5.74, 6) is -0.723. The summed E-state index contributed by atoms with van der Waals surface area (Å²) in [7, 11) is 0. The van der Waals surface area contributed by atoms with Crippen molar-refractivity contribution in [1.29, 1.82) is 0 Å². The zero-order valence-electron chi connectivity index (χ0n) is 17.7. The van der Waals surface area contributed by atoms with Gasteiger partial charge in [-0.05, 0) is 47.7 Å². The van der Waals surface area contributed by atoms with Crippen molar-refractivity contribution >= 4 is 63.8 Å². The Kier molecular flexibility index (Phi) is 7.57. The van der Waals surface area contributed by atoms with Gasteiger partial charge in [-0.2, -0.15) is 0 Å². The molecule has 9 heteroatoms. The van der Waals surface area contributed by atoms with Crippen LogP contribution in [0.3, 0.4) is 0 Å². The van der Waals surface area contributed by atoms with E-state index in [1.807, 2.05) is 36.4 Å². The van der Waals surface area contributed by atoms with Gasteiger partial charge in [0.1, 0.15) is 18.9 Å². The maximum absolute atomic E-state index is 12.9. The Morgan fingerprint density at radius 2 is 1.68 bits per heavy atom. The van der Waals surface area contributed by atoms with Gasteiger partial charge in [0.15, 0.2) is 0 Å². The van der Waals surface area contributed by atoms with Crippen molar-refractivity contribution in [1.82, 2.24) is 4.90 Å². The van der Waals surface area contributed by atoms with Crippen LogP contribution >= 0.6 is 35.0 Å². The third-order valence-corrected chi connectivity index (χ3v) is 6.19. The van der Waals surface area contributed by atoms with Crippen molar-refractivity contribution in [2.75, 3.05) is 11.9 Å². The first kappa shape index (κ1) is 23.9. The van der Waals surface area contributed by atoms with Gasteiger partial charge in [-0.15, -0.1) is 0 Å². The Bertz CT molecular complexity index is 1270. The fourth-order valence-electron chi connectivity index (χ4n) is 3.21. The number of halogens is 2. The summed E-state index contributed by atoms with van der Waals surface area (Å²) in [6.45, 7) is -0.144. The van der Waals surface area contributed by atoms with Crippen LogP contribution in [0, 0.1) is 0 Å². The molecule has 0 bridgehead atoms. The van der Waals surface area contributed by atoms with Gasteiger partial charge < -0.3 is 10.1 Å². The second kappa shape index (κ2) is 10.8. The number of hydrogen-bond donors (Lipinski definition) is 1. The molecule has 0 aromatic heterocycles. The molecule has 0 atom stereocenters. The van der Waals surface area contributed by atoms with Crippen molar-refractivity contribution < 1.29 is 19.1 Å². The minimum atomic E-state index is -0.580. The molecule has 0 spiro atoms. The summed E-state index contributed by atoms with van der Waals surface area (Å²) in [5, 5.41) is 2.75. The number of ether oxygens (including phenoxy) is 1. The van der Waals surface area contributed by atoms with E-state index in [1.165, 1.54) is 6.08 Å². The van der Waals surface area contributed by atoms with Crippen molar-refractivity contribution in [3.63, 3.8) is 0 Å². The molecule has 34 heavy (non-hydrogen) atoms. The van der Waals surface area contributed by atoms with Gasteiger partial charge >= 0.3 is 0 Å². The Hall–Kier alpha value is -3.26. The van der Waals surface area contributed by atoms with Crippen molar-refractivity contribution in [2.45, 2.75) is 6.61 Å². The lowest BCUT2D eigenvalue weighted by Gasteiger charge is -2.13. The fourth-order valence-corrected chi connectivity index (χ4v) is 4.61. The number of nitrogens with zero attached hydrogens (tertiary/aromatic N) is 1. The number of nitrogens with one attached hydrogen (secondary N) is 1. The molecule has 0 unspecified atom stereocenters. The molecule has 1 N–H and O–H groups in total. The van der Waals surface area contributed by atoms with E-state index in [0.29, 0.717) is 22.0 Å². The SMILES string of the molecule is O=C(CN1C(=O)S/C(=C\c2cc(Cl)cc(Cl)c2OCc2ccccc2)C1=O)Nc1ccccc1. The highest BCUT2D eigenvalue weighted by atomic mass is 35.5. The zero-order chi connectivity index (χ0) is 24.1. The Morgan fingerprint density at radius 3 is 2.38 bits per heavy atom. The Morgan fingerprint density at radius 1 is 1.00 bits per heavy atom. The van der Waals surface area contributed by atoms with Crippen LogP contribution in [0.25, 0.3) is 6.08 Å². The number of carbonyl (C=O) groups is 3. The molecule has 1 saturated heterocycles. The molecular weight excluding hydrogens is 495 g/mol. The van der Waals surface area contributed by atoms with Crippen LogP contribution in [-0.4, -0.2) is 28.5 Å². The largest absolute Gasteiger partial charge is 0.487 e. The van der Waals surface area contributed by atoms with Crippen LogP contribution in [-0.2, 0) is 16.2 Å². The number of para-hydroxylation sites is 1. The molecule has 3 amide bonds. The van der Waals surface area contributed by atoms with Gasteiger partial charge in [0.2, 0.25) is 5.91 Å². The molecule has 3 aromatic carbocycles. The lowest BCUT2D eigenvalue weighted by Crippen LogP contribution is -2.36. The summed E-state index contributed by atoms with van der Waals surface area (Å²) >= 11 is 13.3. The quantitative estimate of drug-likeness (QED) is 0.378. The number of carbonyl (C=O) groups excluding carboxylic acids is 3. The van der Waals surface area contributed by atoms with Gasteiger partial charge in [-0.25, -0.2) is 0 Å². The monoisotopic (exact) mass is 512 g/mol. The van der Waals surface area contributed by atoms with E-state index >= 15 is 0 Å². The van der Waals surface area contributed by atoms with Crippen molar-refractivity contribution in [2.24, 2.45) is 0 Å². The molecule has 1 aliphatic rings. The van der Waals surface area contributed by atoms with Crippen LogP contribution in [0.4, 0.5) is 10.5 Å². The van der Waals surface area contributed by atoms with E-state index in [2.05, 4.69) is 5.32 Å². The first-order chi connectivity index (χ1) is 16.4. The zero-order valence-corrected chi connectivity index (χ0v) is 20.0. The van der Waals surface area contributed by atoms with Gasteiger partial charge in [0.25, 0.3) is 11.1 Å². The molecule has 1 heterocycles. The molecule has 172 valence electrons. The maximum Gasteiger partial charge on any atom is 0.294 e. The summed E-state index contributed by atoms with van der Waals surface area (Å²) in [6, 6.07) is 21.4. The van der Waals surface area contributed by atoms with E-state index in [1.54, 1.807) is 36.4 Å². The average molecular weight is 513 g/mol. The Balaban J connectivity index is 1.52. The summed E-state index contributed by atoms with van der Waals surface area (Å²) in [5.41, 5.74) is 1.96. The summed E-state index contributed by atoms with van der Waals surface area (Å²) in [4.78, 5) is 38.7. The third kappa shape index (κ3) is 5.80. The van der Waals surface area contributed by atoms with Crippen LogP contribution in [0.1, 0.15) is 11.1 Å². The standard InChI is InChI=1S/C25H18Cl2N2O4S/c26-18-11-17(23(20(27)13-18)33-15-16-7-3-1-4-8-16)12-21-24(31)29(25(32)34-21)14-22(30)28-19-9-5-2-6-10-19/h1-13H,14-15H2,(H,28,30)/b21-12-. The van der Waals surface area contributed by atoms with Crippen molar-refractivity contribution in [3.8, 4) is 5.75 Å². The second-order valence-corrected chi connectivity index (χ2v) is 9.10. The van der Waals surface area contributed by atoms with Gasteiger partial charge in [0.05, 0.1) is 9.93 Å². The first-order valence-electron chi connectivity index (χ1n) is 10.2. The first-order valence-corrected chi connectivity index (χ1v) is 11.7. The minimum absolute atomic E-state index is 0.139. The highest BCUT2D eigenvalue weighted by molar-refractivity contribution is 8.18. The molecule has 4 rings (SSSR count). The van der Waals surface area contributed by atoms with Gasteiger partial charge in [-0.1, -0.05) is 71.7 Å². The van der Waals surface area contributed by atoms with Gasteiger partial charge in [0, 0.05) is 16.3 Å². The smallest absolute Gasteiger partial charge is 0.294 e. The highest BCUT2D eigenvalue weighted by Gasteiger charge is 2.36. The molecule has 1 fully saturated rings. The minimum Gasteiger partial charge on any atom is -0.487 e. The van der Waals surface area contributed by atoms with Crippen LogP contribution in [0.2, 0.25) is 10.0 Å². The molecule has 1 aliphatic heterocycles. The molecule has 0 saturated carbocycles. The molecule has 6 nitrogen and oxygen atoms in total.